The van der Waals surface area contributed by atoms with E-state index in [-0.39, 0.29) is 30.4 Å². The van der Waals surface area contributed by atoms with Crippen LogP contribution in [0.1, 0.15) is 42.3 Å². The van der Waals surface area contributed by atoms with Crippen LogP contribution in [0.15, 0.2) is 16.7 Å². The molecule has 1 aromatic rings. The van der Waals surface area contributed by atoms with Crippen molar-refractivity contribution in [1.29, 1.82) is 0 Å². The minimum Gasteiger partial charge on any atom is -0.469 e. The van der Waals surface area contributed by atoms with Crippen molar-refractivity contribution in [3.8, 4) is 0 Å². The fourth-order valence-corrected chi connectivity index (χ4v) is 3.83. The summed E-state index contributed by atoms with van der Waals surface area (Å²) in [5, 5.41) is 0. The maximum Gasteiger partial charge on any atom is 0.409 e. The zero-order valence-electron chi connectivity index (χ0n) is 17.8. The Balaban J connectivity index is 1.54. The van der Waals surface area contributed by atoms with Gasteiger partial charge in [0.2, 0.25) is 5.91 Å². The predicted molar refractivity (Wildman–Crippen MR) is 108 cm³/mol. The van der Waals surface area contributed by atoms with Crippen LogP contribution in [0.4, 0.5) is 4.79 Å². The van der Waals surface area contributed by atoms with Gasteiger partial charge < -0.3 is 28.6 Å². The minimum absolute atomic E-state index is 0.00406. The molecular weight excluding hydrogens is 390 g/mol. The van der Waals surface area contributed by atoms with E-state index in [9.17, 15) is 14.4 Å². The third kappa shape index (κ3) is 5.53. The summed E-state index contributed by atoms with van der Waals surface area (Å²) in [5.74, 6) is 0.406. The zero-order chi connectivity index (χ0) is 21.5. The van der Waals surface area contributed by atoms with Gasteiger partial charge in [-0.3, -0.25) is 9.59 Å². The quantitative estimate of drug-likeness (QED) is 0.668. The summed E-state index contributed by atoms with van der Waals surface area (Å²) in [5.41, 5.74) is 0.517. The molecule has 2 aliphatic heterocycles. The van der Waals surface area contributed by atoms with Crippen LogP contribution in [-0.2, 0) is 14.3 Å². The normalized spacial score (nSPS) is 19.1. The molecular formula is C21H31N3O6. The molecule has 3 amide bonds. The maximum absolute atomic E-state index is 13.0. The highest BCUT2D eigenvalue weighted by Gasteiger charge is 2.28. The topological polar surface area (TPSA) is 92.5 Å². The summed E-state index contributed by atoms with van der Waals surface area (Å²) in [6.45, 7) is 7.21. The summed E-state index contributed by atoms with van der Waals surface area (Å²) in [6, 6.07) is 1.66. The molecule has 0 bridgehead atoms. The van der Waals surface area contributed by atoms with E-state index in [2.05, 4.69) is 0 Å². The van der Waals surface area contributed by atoms with Gasteiger partial charge in [0.25, 0.3) is 5.91 Å². The maximum atomic E-state index is 13.0. The first-order chi connectivity index (χ1) is 14.5. The van der Waals surface area contributed by atoms with Crippen molar-refractivity contribution in [2.24, 2.45) is 0 Å². The second-order valence-electron chi connectivity index (χ2n) is 7.59. The number of aryl methyl sites for hydroxylation is 1. The highest BCUT2D eigenvalue weighted by molar-refractivity contribution is 5.95. The molecule has 0 aliphatic carbocycles. The van der Waals surface area contributed by atoms with Gasteiger partial charge in [0.15, 0.2) is 0 Å². The van der Waals surface area contributed by atoms with Crippen LogP contribution >= 0.6 is 0 Å². The van der Waals surface area contributed by atoms with Crippen LogP contribution in [0, 0.1) is 6.92 Å². The lowest BCUT2D eigenvalue weighted by Crippen LogP contribution is -2.51. The van der Waals surface area contributed by atoms with Crippen LogP contribution < -0.4 is 0 Å². The number of nitrogens with zero attached hydrogens (tertiary/aromatic N) is 3. The second-order valence-corrected chi connectivity index (χ2v) is 7.59. The number of furan rings is 1. The molecule has 2 aliphatic rings. The highest BCUT2D eigenvalue weighted by atomic mass is 16.6. The first-order valence-electron chi connectivity index (χ1n) is 10.6. The monoisotopic (exact) mass is 421 g/mol. The molecule has 1 unspecified atom stereocenters. The Morgan fingerprint density at radius 2 is 1.93 bits per heavy atom. The number of amides is 3. The van der Waals surface area contributed by atoms with E-state index in [1.165, 1.54) is 6.26 Å². The van der Waals surface area contributed by atoms with Crippen molar-refractivity contribution in [1.82, 2.24) is 14.7 Å². The first-order valence-corrected chi connectivity index (χ1v) is 10.6. The third-order valence-corrected chi connectivity index (χ3v) is 5.58. The smallest absolute Gasteiger partial charge is 0.409 e. The number of hydrogen-bond donors (Lipinski definition) is 0. The molecule has 3 rings (SSSR count). The zero-order valence-corrected chi connectivity index (χ0v) is 17.8. The van der Waals surface area contributed by atoms with Gasteiger partial charge in [-0.25, -0.2) is 4.79 Å². The Hall–Kier alpha value is -2.55. The summed E-state index contributed by atoms with van der Waals surface area (Å²) in [6.07, 6.45) is 3.30. The molecule has 3 heterocycles. The average molecular weight is 421 g/mol. The third-order valence-electron chi connectivity index (χ3n) is 5.58. The van der Waals surface area contributed by atoms with Gasteiger partial charge in [-0.05, 0) is 32.8 Å². The van der Waals surface area contributed by atoms with E-state index in [0.29, 0.717) is 63.8 Å². The number of carbonyl (C=O) groups excluding carboxylic acids is 3. The van der Waals surface area contributed by atoms with Crippen LogP contribution in [0.2, 0.25) is 0 Å². The molecule has 2 fully saturated rings. The molecule has 166 valence electrons. The van der Waals surface area contributed by atoms with Gasteiger partial charge >= 0.3 is 6.09 Å². The fraction of sp³-hybridized carbons (Fsp3) is 0.667. The number of ether oxygens (including phenoxy) is 2. The molecule has 0 spiro atoms. The number of hydrogen-bond acceptors (Lipinski definition) is 6. The van der Waals surface area contributed by atoms with Crippen LogP contribution in [-0.4, -0.2) is 91.2 Å². The Kier molecular flexibility index (Phi) is 7.73. The van der Waals surface area contributed by atoms with Gasteiger partial charge in [-0.2, -0.15) is 0 Å². The number of piperazine rings is 1. The summed E-state index contributed by atoms with van der Waals surface area (Å²) >= 11 is 0. The molecule has 30 heavy (non-hydrogen) atoms. The summed E-state index contributed by atoms with van der Waals surface area (Å²) in [4.78, 5) is 42.6. The van der Waals surface area contributed by atoms with E-state index in [4.69, 9.17) is 13.9 Å². The lowest BCUT2D eigenvalue weighted by molar-refractivity contribution is -0.133. The van der Waals surface area contributed by atoms with Crippen molar-refractivity contribution in [3.05, 3.63) is 23.7 Å². The van der Waals surface area contributed by atoms with Crippen molar-refractivity contribution < 1.29 is 28.3 Å². The molecule has 1 atom stereocenters. The van der Waals surface area contributed by atoms with E-state index in [1.807, 2.05) is 0 Å². The van der Waals surface area contributed by atoms with Crippen molar-refractivity contribution in [3.63, 3.8) is 0 Å². The molecule has 0 radical (unpaired) electrons. The Morgan fingerprint density at radius 3 is 2.53 bits per heavy atom. The molecule has 0 saturated carbocycles. The molecule has 1 aromatic heterocycles. The summed E-state index contributed by atoms with van der Waals surface area (Å²) in [7, 11) is 0. The van der Waals surface area contributed by atoms with E-state index >= 15 is 0 Å². The number of carbonyl (C=O) groups is 3. The Morgan fingerprint density at radius 1 is 1.20 bits per heavy atom. The van der Waals surface area contributed by atoms with Crippen LogP contribution in [0.25, 0.3) is 0 Å². The SMILES string of the molecule is CCOC(=O)N1CCN(C(=O)CCN(CC2CCCO2)C(=O)c2ccoc2C)CC1. The van der Waals surface area contributed by atoms with Gasteiger partial charge in [-0.15, -0.1) is 0 Å². The second kappa shape index (κ2) is 10.5. The van der Waals surface area contributed by atoms with E-state index < -0.39 is 0 Å². The lowest BCUT2D eigenvalue weighted by atomic mass is 10.1. The average Bonchev–Trinajstić information content (AvgIpc) is 3.42. The van der Waals surface area contributed by atoms with Crippen molar-refractivity contribution >= 4 is 17.9 Å². The molecule has 9 heteroatoms. The Labute approximate surface area is 176 Å². The molecule has 2 saturated heterocycles. The van der Waals surface area contributed by atoms with Crippen molar-refractivity contribution in [2.75, 3.05) is 52.5 Å². The number of rotatable bonds is 7. The predicted octanol–water partition coefficient (Wildman–Crippen LogP) is 1.90. The molecule has 9 nitrogen and oxygen atoms in total. The van der Waals surface area contributed by atoms with E-state index in [0.717, 1.165) is 12.8 Å². The lowest BCUT2D eigenvalue weighted by Gasteiger charge is -2.34. The van der Waals surface area contributed by atoms with Crippen molar-refractivity contribution in [2.45, 2.75) is 39.2 Å². The van der Waals surface area contributed by atoms with Gasteiger partial charge in [-0.1, -0.05) is 0 Å². The van der Waals surface area contributed by atoms with E-state index in [1.54, 1.807) is 34.6 Å². The summed E-state index contributed by atoms with van der Waals surface area (Å²) < 4.78 is 16.0. The fourth-order valence-electron chi connectivity index (χ4n) is 3.83. The van der Waals surface area contributed by atoms with Gasteiger partial charge in [0.05, 0.1) is 24.5 Å². The molecule has 0 aromatic carbocycles. The standard InChI is InChI=1S/C21H31N3O6/c1-3-28-21(27)23-11-9-22(10-12-23)19(25)6-8-24(15-17-5-4-13-30-17)20(26)18-7-14-29-16(18)2/h7,14,17H,3-6,8-13,15H2,1-2H3. The first kappa shape index (κ1) is 22.1. The van der Waals surface area contributed by atoms with Crippen LogP contribution in [0.5, 0.6) is 0 Å². The van der Waals surface area contributed by atoms with Crippen LogP contribution in [0.3, 0.4) is 0 Å². The Bertz CT molecular complexity index is 735. The largest absolute Gasteiger partial charge is 0.469 e. The highest BCUT2D eigenvalue weighted by Crippen LogP contribution is 2.18. The van der Waals surface area contributed by atoms with Gasteiger partial charge in [0, 0.05) is 52.3 Å². The minimum atomic E-state index is -0.339. The molecule has 0 N–H and O–H groups in total. The van der Waals surface area contributed by atoms with Gasteiger partial charge in [0.1, 0.15) is 5.76 Å².